The van der Waals surface area contributed by atoms with Crippen molar-refractivity contribution >= 4 is 17.7 Å². The minimum Gasteiger partial charge on any atom is -0.342 e. The molecule has 0 radical (unpaired) electrons. The Morgan fingerprint density at radius 3 is 2.46 bits per heavy atom. The summed E-state index contributed by atoms with van der Waals surface area (Å²) in [5.41, 5.74) is 1.34. The van der Waals surface area contributed by atoms with Gasteiger partial charge >= 0.3 is 0 Å². The molecule has 1 N–H and O–H groups in total. The summed E-state index contributed by atoms with van der Waals surface area (Å²) in [6.07, 6.45) is 0.306. The fourth-order valence-corrected chi connectivity index (χ4v) is 3.74. The van der Waals surface area contributed by atoms with Crippen molar-refractivity contribution < 1.29 is 18.8 Å². The van der Waals surface area contributed by atoms with Crippen molar-refractivity contribution in [3.8, 4) is 0 Å². The van der Waals surface area contributed by atoms with Crippen LogP contribution in [0.15, 0.2) is 54.6 Å². The van der Waals surface area contributed by atoms with Gasteiger partial charge in [0.25, 0.3) is 5.91 Å². The monoisotopic (exact) mass is 381 g/mol. The largest absolute Gasteiger partial charge is 0.342 e. The average Bonchev–Trinajstić information content (AvgIpc) is 2.73. The molecular weight excluding hydrogens is 361 g/mol. The van der Waals surface area contributed by atoms with E-state index >= 15 is 0 Å². The minimum atomic E-state index is -0.682. The minimum absolute atomic E-state index is 0.145. The lowest BCUT2D eigenvalue weighted by Crippen LogP contribution is -2.70. The first kappa shape index (κ1) is 18.2. The number of benzene rings is 2. The van der Waals surface area contributed by atoms with Gasteiger partial charge in [0.05, 0.1) is 6.54 Å². The summed E-state index contributed by atoms with van der Waals surface area (Å²) in [6.45, 7) is 0.872. The van der Waals surface area contributed by atoms with Crippen LogP contribution in [-0.4, -0.2) is 59.2 Å². The lowest BCUT2D eigenvalue weighted by molar-refractivity contribution is -0.152. The Labute approximate surface area is 161 Å². The number of nitrogens with zero attached hydrogens (tertiary/aromatic N) is 2. The summed E-state index contributed by atoms with van der Waals surface area (Å²) >= 11 is 0. The van der Waals surface area contributed by atoms with Gasteiger partial charge in [0.1, 0.15) is 17.9 Å². The van der Waals surface area contributed by atoms with Crippen molar-refractivity contribution in [1.29, 1.82) is 0 Å². The third-order valence-electron chi connectivity index (χ3n) is 5.24. The second-order valence-electron chi connectivity index (χ2n) is 7.06. The first-order chi connectivity index (χ1) is 13.5. The molecule has 2 atom stereocenters. The second-order valence-corrected chi connectivity index (χ2v) is 7.06. The number of nitrogens with one attached hydrogen (secondary N) is 1. The molecule has 4 rings (SSSR count). The molecule has 2 aromatic carbocycles. The summed E-state index contributed by atoms with van der Waals surface area (Å²) in [4.78, 5) is 41.3. The molecule has 0 aromatic heterocycles. The molecule has 2 aliphatic rings. The van der Waals surface area contributed by atoms with Crippen LogP contribution in [0.1, 0.15) is 15.9 Å². The smallest absolute Gasteiger partial charge is 0.253 e. The molecule has 0 spiro atoms. The van der Waals surface area contributed by atoms with Crippen LogP contribution in [0.3, 0.4) is 0 Å². The van der Waals surface area contributed by atoms with Crippen molar-refractivity contribution in [1.82, 2.24) is 15.1 Å². The van der Waals surface area contributed by atoms with Gasteiger partial charge in [0, 0.05) is 25.1 Å². The van der Waals surface area contributed by atoms with Gasteiger partial charge in [-0.3, -0.25) is 14.4 Å². The maximum Gasteiger partial charge on any atom is 0.253 e. The highest BCUT2D eigenvalue weighted by Crippen LogP contribution is 2.20. The van der Waals surface area contributed by atoms with Crippen LogP contribution in [-0.2, 0) is 16.0 Å². The normalized spacial score (nSPS) is 21.9. The Kier molecular flexibility index (Phi) is 4.81. The zero-order valence-corrected chi connectivity index (χ0v) is 15.2. The van der Waals surface area contributed by atoms with E-state index in [0.29, 0.717) is 25.1 Å². The lowest BCUT2D eigenvalue weighted by Gasteiger charge is -2.45. The van der Waals surface area contributed by atoms with E-state index in [1.54, 1.807) is 46.2 Å². The SMILES string of the molecule is O=C1NC(Cc2ccc(F)cc2)C(=O)N2CCN(C(=O)c3ccccc3)CC12. The van der Waals surface area contributed by atoms with E-state index in [1.807, 2.05) is 6.07 Å². The van der Waals surface area contributed by atoms with Crippen molar-refractivity contribution in [3.05, 3.63) is 71.5 Å². The number of carbonyl (C=O) groups excluding carboxylic acids is 3. The number of hydrogen-bond acceptors (Lipinski definition) is 3. The van der Waals surface area contributed by atoms with Gasteiger partial charge in [0.15, 0.2) is 0 Å². The molecule has 28 heavy (non-hydrogen) atoms. The quantitative estimate of drug-likeness (QED) is 0.869. The van der Waals surface area contributed by atoms with Crippen molar-refractivity contribution in [2.45, 2.75) is 18.5 Å². The second kappa shape index (κ2) is 7.42. The first-order valence-electron chi connectivity index (χ1n) is 9.22. The Morgan fingerprint density at radius 1 is 1.04 bits per heavy atom. The molecule has 0 saturated carbocycles. The van der Waals surface area contributed by atoms with E-state index in [-0.39, 0.29) is 30.1 Å². The summed E-state index contributed by atoms with van der Waals surface area (Å²) < 4.78 is 13.1. The van der Waals surface area contributed by atoms with Gasteiger partial charge in [-0.25, -0.2) is 4.39 Å². The summed E-state index contributed by atoms with van der Waals surface area (Å²) in [5, 5.41) is 2.77. The molecule has 6 nitrogen and oxygen atoms in total. The van der Waals surface area contributed by atoms with E-state index < -0.39 is 12.1 Å². The topological polar surface area (TPSA) is 69.7 Å². The molecular formula is C21H20FN3O3. The first-order valence-corrected chi connectivity index (χ1v) is 9.22. The Hall–Kier alpha value is -3.22. The highest BCUT2D eigenvalue weighted by molar-refractivity contribution is 5.99. The van der Waals surface area contributed by atoms with Crippen LogP contribution in [0, 0.1) is 5.82 Å². The lowest BCUT2D eigenvalue weighted by atomic mass is 9.98. The van der Waals surface area contributed by atoms with E-state index in [0.717, 1.165) is 5.56 Å². The molecule has 2 aliphatic heterocycles. The highest BCUT2D eigenvalue weighted by Gasteiger charge is 2.44. The zero-order chi connectivity index (χ0) is 19.7. The predicted octanol–water partition coefficient (Wildman–Crippen LogP) is 1.22. The number of fused-ring (bicyclic) bond motifs is 1. The van der Waals surface area contributed by atoms with Gasteiger partial charge in [-0.05, 0) is 29.8 Å². The molecule has 144 valence electrons. The molecule has 3 amide bonds. The maximum absolute atomic E-state index is 13.1. The molecule has 0 aliphatic carbocycles. The molecule has 2 saturated heterocycles. The van der Waals surface area contributed by atoms with Gasteiger partial charge in [0.2, 0.25) is 11.8 Å². The van der Waals surface area contributed by atoms with Crippen LogP contribution in [0.25, 0.3) is 0 Å². The fraction of sp³-hybridized carbons (Fsp3) is 0.286. The zero-order valence-electron chi connectivity index (χ0n) is 15.2. The third kappa shape index (κ3) is 3.47. The molecule has 2 aromatic rings. The van der Waals surface area contributed by atoms with E-state index in [2.05, 4.69) is 5.32 Å². The van der Waals surface area contributed by atoms with Crippen LogP contribution in [0.2, 0.25) is 0 Å². The maximum atomic E-state index is 13.1. The average molecular weight is 381 g/mol. The van der Waals surface area contributed by atoms with Gasteiger partial charge in [-0.1, -0.05) is 30.3 Å². The van der Waals surface area contributed by atoms with Crippen LogP contribution in [0.5, 0.6) is 0 Å². The number of amides is 3. The van der Waals surface area contributed by atoms with Gasteiger partial charge in [-0.2, -0.15) is 0 Å². The Balaban J connectivity index is 1.45. The number of piperazine rings is 2. The van der Waals surface area contributed by atoms with E-state index in [1.165, 1.54) is 12.1 Å². The van der Waals surface area contributed by atoms with Crippen molar-refractivity contribution in [2.24, 2.45) is 0 Å². The molecule has 0 bridgehead atoms. The van der Waals surface area contributed by atoms with Crippen LogP contribution in [0.4, 0.5) is 4.39 Å². The standard InChI is InChI=1S/C21H20FN3O3/c22-16-8-6-14(7-9-16)12-17-21(28)25-11-10-24(13-18(25)19(26)23-17)20(27)15-4-2-1-3-5-15/h1-9,17-18H,10-13H2,(H,23,26). The summed E-state index contributed by atoms with van der Waals surface area (Å²) in [5.74, 6) is -0.922. The molecule has 7 heteroatoms. The highest BCUT2D eigenvalue weighted by atomic mass is 19.1. The number of hydrogen-bond donors (Lipinski definition) is 1. The predicted molar refractivity (Wildman–Crippen MR) is 99.9 cm³/mol. The van der Waals surface area contributed by atoms with Crippen LogP contribution < -0.4 is 5.32 Å². The number of rotatable bonds is 3. The Bertz CT molecular complexity index is 901. The van der Waals surface area contributed by atoms with Gasteiger partial charge in [-0.15, -0.1) is 0 Å². The molecule has 2 unspecified atom stereocenters. The molecule has 2 fully saturated rings. The van der Waals surface area contributed by atoms with Crippen molar-refractivity contribution in [2.75, 3.05) is 19.6 Å². The van der Waals surface area contributed by atoms with Crippen molar-refractivity contribution in [3.63, 3.8) is 0 Å². The fourth-order valence-electron chi connectivity index (χ4n) is 3.74. The number of halogens is 1. The summed E-state index contributed by atoms with van der Waals surface area (Å²) in [7, 11) is 0. The van der Waals surface area contributed by atoms with E-state index in [9.17, 15) is 18.8 Å². The van der Waals surface area contributed by atoms with E-state index in [4.69, 9.17) is 0 Å². The third-order valence-corrected chi connectivity index (χ3v) is 5.24. The summed E-state index contributed by atoms with van der Waals surface area (Å²) in [6, 6.07) is 13.4. The molecule has 2 heterocycles. The van der Waals surface area contributed by atoms with Gasteiger partial charge < -0.3 is 15.1 Å². The Morgan fingerprint density at radius 2 is 1.75 bits per heavy atom. The van der Waals surface area contributed by atoms with Crippen LogP contribution >= 0.6 is 0 Å². The number of carbonyl (C=O) groups is 3.